The monoisotopic (exact) mass is 579 g/mol. The summed E-state index contributed by atoms with van der Waals surface area (Å²) in [6.45, 7) is 8.54. The Kier molecular flexibility index (Phi) is 7.81. The second kappa shape index (κ2) is 12.0. The second-order valence-electron chi connectivity index (χ2n) is 10.3. The molecule has 5 aromatic rings. The van der Waals surface area contributed by atoms with Crippen molar-refractivity contribution in [2.75, 3.05) is 13.7 Å². The van der Waals surface area contributed by atoms with Crippen molar-refractivity contribution in [2.24, 2.45) is 0 Å². The average Bonchev–Trinajstić information content (AvgIpc) is 3.34. The van der Waals surface area contributed by atoms with E-state index in [0.717, 1.165) is 24.0 Å². The number of halogens is 2. The van der Waals surface area contributed by atoms with Crippen LogP contribution >= 0.6 is 0 Å². The van der Waals surface area contributed by atoms with E-state index in [1.165, 1.54) is 31.4 Å². The van der Waals surface area contributed by atoms with Gasteiger partial charge in [0.05, 0.1) is 36.0 Å². The molecule has 1 aliphatic heterocycles. The van der Waals surface area contributed by atoms with Gasteiger partial charge in [-0.25, -0.2) is 28.4 Å². The summed E-state index contributed by atoms with van der Waals surface area (Å²) >= 11 is 0. The van der Waals surface area contributed by atoms with Gasteiger partial charge in [-0.2, -0.15) is 0 Å². The summed E-state index contributed by atoms with van der Waals surface area (Å²) in [6, 6.07) is 19.8. The van der Waals surface area contributed by atoms with E-state index in [9.17, 15) is 9.18 Å². The summed E-state index contributed by atoms with van der Waals surface area (Å²) in [4.78, 5) is 24.6. The lowest BCUT2D eigenvalue weighted by Gasteiger charge is -2.28. The zero-order valence-corrected chi connectivity index (χ0v) is 23.3. The predicted molar refractivity (Wildman–Crippen MR) is 157 cm³/mol. The third-order valence-corrected chi connectivity index (χ3v) is 7.54. The highest BCUT2D eigenvalue weighted by molar-refractivity contribution is 5.93. The van der Waals surface area contributed by atoms with E-state index >= 15 is 4.39 Å². The molecule has 0 aliphatic carbocycles. The summed E-state index contributed by atoms with van der Waals surface area (Å²) in [5, 5.41) is 3.39. The minimum atomic E-state index is -0.524. The molecule has 1 N–H and O–H groups in total. The number of hydrogen-bond acceptors (Lipinski definition) is 6. The van der Waals surface area contributed by atoms with Crippen molar-refractivity contribution in [1.82, 2.24) is 19.9 Å². The highest BCUT2D eigenvalue weighted by Crippen LogP contribution is 2.27. The number of nitrogens with one attached hydrogen (secondary N) is 1. The SMILES string of the molecule is [C-]#[N+]c1ccc(COc2cccc(-c3ccc(Cc4nc5ccc(C(=O)OC)cc5n4C[C@@H]4CCN4)c(F)c3)n2)c(F)c1. The lowest BCUT2D eigenvalue weighted by Crippen LogP contribution is -2.45. The van der Waals surface area contributed by atoms with Gasteiger partial charge in [-0.3, -0.25) is 0 Å². The molecule has 10 heteroatoms. The van der Waals surface area contributed by atoms with Crippen molar-refractivity contribution < 1.29 is 23.0 Å². The molecule has 1 aliphatic rings. The number of rotatable bonds is 9. The fraction of sp³-hybridized carbons (Fsp3) is 0.212. The number of nitrogens with zero attached hydrogens (tertiary/aromatic N) is 4. The number of hydrogen-bond donors (Lipinski definition) is 1. The molecule has 0 spiro atoms. The summed E-state index contributed by atoms with van der Waals surface area (Å²) in [5.41, 5.74) is 4.01. The highest BCUT2D eigenvalue weighted by atomic mass is 19.1. The van der Waals surface area contributed by atoms with E-state index in [4.69, 9.17) is 21.0 Å². The van der Waals surface area contributed by atoms with Crippen molar-refractivity contribution in [1.29, 1.82) is 0 Å². The molecule has 0 bridgehead atoms. The van der Waals surface area contributed by atoms with Crippen LogP contribution in [0.25, 0.3) is 27.1 Å². The van der Waals surface area contributed by atoms with E-state index < -0.39 is 17.6 Å². The smallest absolute Gasteiger partial charge is 0.337 e. The lowest BCUT2D eigenvalue weighted by atomic mass is 10.0. The first-order valence-corrected chi connectivity index (χ1v) is 13.8. The Morgan fingerprint density at radius 2 is 1.86 bits per heavy atom. The Bertz CT molecular complexity index is 1880. The van der Waals surface area contributed by atoms with Crippen LogP contribution in [0.15, 0.2) is 72.8 Å². The van der Waals surface area contributed by atoms with Crippen LogP contribution in [0.4, 0.5) is 14.5 Å². The number of aromatic nitrogens is 3. The fourth-order valence-corrected chi connectivity index (χ4v) is 5.03. The number of pyridine rings is 1. The van der Waals surface area contributed by atoms with Gasteiger partial charge >= 0.3 is 5.97 Å². The molecule has 1 atom stereocenters. The number of benzene rings is 3. The van der Waals surface area contributed by atoms with Gasteiger partial charge in [0.1, 0.15) is 24.1 Å². The van der Waals surface area contributed by atoms with Crippen LogP contribution < -0.4 is 10.1 Å². The molecule has 0 unspecified atom stereocenters. The van der Waals surface area contributed by atoms with Crippen molar-refractivity contribution in [3.8, 4) is 17.1 Å². The zero-order valence-electron chi connectivity index (χ0n) is 23.3. The second-order valence-corrected chi connectivity index (χ2v) is 10.3. The minimum Gasteiger partial charge on any atom is -0.473 e. The van der Waals surface area contributed by atoms with Crippen molar-refractivity contribution in [3.05, 3.63) is 118 Å². The molecule has 216 valence electrons. The highest BCUT2D eigenvalue weighted by Gasteiger charge is 2.22. The number of carbonyl (C=O) groups excluding carboxylic acids is 1. The summed E-state index contributed by atoms with van der Waals surface area (Å²) in [5.74, 6) is -0.389. The molecular formula is C33H27F2N5O3. The Labute approximate surface area is 246 Å². The maximum atomic E-state index is 15.5. The summed E-state index contributed by atoms with van der Waals surface area (Å²) in [6.07, 6.45) is 1.29. The fourth-order valence-electron chi connectivity index (χ4n) is 5.03. The van der Waals surface area contributed by atoms with Crippen LogP contribution in [-0.4, -0.2) is 40.2 Å². The largest absolute Gasteiger partial charge is 0.473 e. The first-order chi connectivity index (χ1) is 20.9. The van der Waals surface area contributed by atoms with E-state index in [2.05, 4.69) is 15.1 Å². The molecule has 1 saturated heterocycles. The molecule has 0 saturated carbocycles. The number of carbonyl (C=O) groups is 1. The third kappa shape index (κ3) is 5.94. The van der Waals surface area contributed by atoms with Crippen LogP contribution in [0.3, 0.4) is 0 Å². The summed E-state index contributed by atoms with van der Waals surface area (Å²) < 4.78 is 42.4. The van der Waals surface area contributed by atoms with Gasteiger partial charge < -0.3 is 19.4 Å². The number of methoxy groups -OCH3 is 1. The Morgan fingerprint density at radius 1 is 1.05 bits per heavy atom. The van der Waals surface area contributed by atoms with Gasteiger partial charge in [0.25, 0.3) is 0 Å². The Hall–Kier alpha value is -5.14. The topological polar surface area (TPSA) is 82.6 Å². The lowest BCUT2D eigenvalue weighted by molar-refractivity contribution is 0.0601. The van der Waals surface area contributed by atoms with Crippen LogP contribution in [-0.2, 0) is 24.3 Å². The number of ether oxygens (including phenoxy) is 2. The normalized spacial score (nSPS) is 14.2. The van der Waals surface area contributed by atoms with Crippen LogP contribution in [0, 0.1) is 18.2 Å². The molecule has 8 nitrogen and oxygen atoms in total. The van der Waals surface area contributed by atoms with Crippen LogP contribution in [0.2, 0.25) is 0 Å². The number of esters is 1. The van der Waals surface area contributed by atoms with E-state index in [1.54, 1.807) is 48.5 Å². The first-order valence-electron chi connectivity index (χ1n) is 13.8. The molecule has 0 amide bonds. The van der Waals surface area contributed by atoms with Gasteiger partial charge in [-0.05, 0) is 54.9 Å². The Balaban J connectivity index is 1.23. The van der Waals surface area contributed by atoms with Gasteiger partial charge in [0.2, 0.25) is 5.88 Å². The van der Waals surface area contributed by atoms with Crippen molar-refractivity contribution in [3.63, 3.8) is 0 Å². The average molecular weight is 580 g/mol. The molecule has 1 fully saturated rings. The van der Waals surface area contributed by atoms with Gasteiger partial charge in [-0.15, -0.1) is 0 Å². The van der Waals surface area contributed by atoms with E-state index in [0.29, 0.717) is 40.3 Å². The van der Waals surface area contributed by atoms with Crippen LogP contribution in [0.1, 0.15) is 33.7 Å². The van der Waals surface area contributed by atoms with E-state index in [-0.39, 0.29) is 30.6 Å². The molecular weight excluding hydrogens is 552 g/mol. The van der Waals surface area contributed by atoms with Crippen molar-refractivity contribution >= 4 is 22.7 Å². The quantitative estimate of drug-likeness (QED) is 0.164. The molecule has 43 heavy (non-hydrogen) atoms. The maximum absolute atomic E-state index is 15.5. The molecule has 0 radical (unpaired) electrons. The molecule has 6 rings (SSSR count). The minimum absolute atomic E-state index is 0.0631. The Morgan fingerprint density at radius 3 is 2.58 bits per heavy atom. The molecule has 3 aromatic carbocycles. The standard InChI is InChI=1S/C33H27F2N5O3/c1-36-24-10-8-23(27(35)17-24)19-43-32-5-3-4-28(39-32)21-7-6-20(26(34)14-21)16-31-38-29-11-9-22(33(41)42-2)15-30(29)40(31)18-25-12-13-37-25/h3-11,14-15,17,25,37H,12-13,16,18-19H2,2H3/t25-/m0/s1. The van der Waals surface area contributed by atoms with Crippen molar-refractivity contribution in [2.45, 2.75) is 32.0 Å². The van der Waals surface area contributed by atoms with Gasteiger partial charge in [0, 0.05) is 36.2 Å². The van der Waals surface area contributed by atoms with E-state index in [1.807, 2.05) is 4.57 Å². The number of imidazole rings is 1. The third-order valence-electron chi connectivity index (χ3n) is 7.54. The zero-order chi connectivity index (χ0) is 29.9. The van der Waals surface area contributed by atoms with Crippen LogP contribution in [0.5, 0.6) is 5.88 Å². The first kappa shape index (κ1) is 28.0. The number of fused-ring (bicyclic) bond motifs is 1. The van der Waals surface area contributed by atoms with Gasteiger partial charge in [-0.1, -0.05) is 30.3 Å². The molecule has 2 aromatic heterocycles. The van der Waals surface area contributed by atoms with Gasteiger partial charge in [0.15, 0.2) is 5.69 Å². The summed E-state index contributed by atoms with van der Waals surface area (Å²) in [7, 11) is 1.35. The maximum Gasteiger partial charge on any atom is 0.337 e. The molecule has 3 heterocycles. The predicted octanol–water partition coefficient (Wildman–Crippen LogP) is 6.25.